The molecule has 0 unspecified atom stereocenters. The molecule has 0 bridgehead atoms. The van der Waals surface area contributed by atoms with Crippen LogP contribution in [0.5, 0.6) is 11.5 Å². The molecule has 0 saturated heterocycles. The summed E-state index contributed by atoms with van der Waals surface area (Å²) in [5.41, 5.74) is 2.62. The van der Waals surface area contributed by atoms with Crippen LogP contribution in [0.3, 0.4) is 0 Å². The number of rotatable bonds is 14. The molecule has 0 heterocycles. The standard InChI is InChI=1S/C31H36Cl2N2O4/c1-4-34-31(37)27(18-22-10-8-7-9-11-22)35(21-24-14-15-25(32)20-26(24)33)30(36)17-13-23-12-16-28(38-5-2)29(19-23)39-6-3/h7-12,14-16,19-20,27H,4-6,13,17-18,21H2,1-3H3,(H,34,37)/t27-/m1/s1. The number of carbonyl (C=O) groups is 2. The third-order valence-corrected chi connectivity index (χ3v) is 6.80. The Kier molecular flexibility index (Phi) is 12.0. The van der Waals surface area contributed by atoms with Crippen molar-refractivity contribution in [2.75, 3.05) is 19.8 Å². The van der Waals surface area contributed by atoms with E-state index in [1.54, 1.807) is 23.1 Å². The van der Waals surface area contributed by atoms with Gasteiger partial charge in [-0.25, -0.2) is 0 Å². The topological polar surface area (TPSA) is 67.9 Å². The number of ether oxygens (including phenoxy) is 2. The first-order valence-corrected chi connectivity index (χ1v) is 14.0. The number of benzene rings is 3. The van der Waals surface area contributed by atoms with Crippen molar-refractivity contribution < 1.29 is 19.1 Å². The molecule has 208 valence electrons. The Hall–Kier alpha value is -3.22. The molecule has 2 amide bonds. The molecule has 8 heteroatoms. The van der Waals surface area contributed by atoms with Crippen molar-refractivity contribution in [3.05, 3.63) is 93.5 Å². The maximum atomic E-state index is 13.8. The van der Waals surface area contributed by atoms with Crippen molar-refractivity contribution >= 4 is 35.0 Å². The van der Waals surface area contributed by atoms with E-state index < -0.39 is 6.04 Å². The molecule has 39 heavy (non-hydrogen) atoms. The van der Waals surface area contributed by atoms with Crippen molar-refractivity contribution in [1.29, 1.82) is 0 Å². The number of nitrogens with zero attached hydrogens (tertiary/aromatic N) is 1. The molecule has 3 aromatic rings. The highest BCUT2D eigenvalue weighted by molar-refractivity contribution is 6.35. The summed E-state index contributed by atoms with van der Waals surface area (Å²) in [4.78, 5) is 28.8. The summed E-state index contributed by atoms with van der Waals surface area (Å²) in [7, 11) is 0. The van der Waals surface area contributed by atoms with E-state index in [2.05, 4.69) is 5.32 Å². The van der Waals surface area contributed by atoms with Crippen LogP contribution in [0.1, 0.15) is 43.9 Å². The minimum atomic E-state index is -0.717. The van der Waals surface area contributed by atoms with Crippen LogP contribution < -0.4 is 14.8 Å². The fourth-order valence-corrected chi connectivity index (χ4v) is 4.79. The lowest BCUT2D eigenvalue weighted by Gasteiger charge is -2.32. The molecule has 1 atom stereocenters. The normalized spacial score (nSPS) is 11.5. The van der Waals surface area contributed by atoms with Crippen molar-refractivity contribution in [2.45, 2.75) is 52.6 Å². The van der Waals surface area contributed by atoms with Crippen LogP contribution in [0.4, 0.5) is 0 Å². The van der Waals surface area contributed by atoms with Gasteiger partial charge >= 0.3 is 0 Å². The zero-order valence-electron chi connectivity index (χ0n) is 22.7. The molecule has 3 aromatic carbocycles. The van der Waals surface area contributed by atoms with Gasteiger partial charge < -0.3 is 19.7 Å². The van der Waals surface area contributed by atoms with E-state index in [0.717, 1.165) is 16.7 Å². The van der Waals surface area contributed by atoms with Crippen molar-refractivity contribution in [1.82, 2.24) is 10.2 Å². The predicted octanol–water partition coefficient (Wildman–Crippen LogP) is 6.50. The largest absolute Gasteiger partial charge is 0.490 e. The second-order valence-electron chi connectivity index (χ2n) is 9.00. The van der Waals surface area contributed by atoms with Gasteiger partial charge in [-0.3, -0.25) is 9.59 Å². The summed E-state index contributed by atoms with van der Waals surface area (Å²) in [6, 6.07) is 19.9. The Balaban J connectivity index is 1.90. The number of halogens is 2. The second kappa shape index (κ2) is 15.4. The number of hydrogen-bond acceptors (Lipinski definition) is 4. The molecular formula is C31H36Cl2N2O4. The van der Waals surface area contributed by atoms with Gasteiger partial charge in [-0.15, -0.1) is 0 Å². The van der Waals surface area contributed by atoms with Gasteiger partial charge in [-0.2, -0.15) is 0 Å². The summed E-state index contributed by atoms with van der Waals surface area (Å²) in [5.74, 6) is 0.963. The van der Waals surface area contributed by atoms with Gasteiger partial charge in [-0.1, -0.05) is 65.7 Å². The van der Waals surface area contributed by atoms with Gasteiger partial charge in [0.25, 0.3) is 0 Å². The van der Waals surface area contributed by atoms with E-state index in [1.165, 1.54) is 0 Å². The van der Waals surface area contributed by atoms with Crippen LogP contribution in [0.2, 0.25) is 10.0 Å². The van der Waals surface area contributed by atoms with Crippen LogP contribution in [-0.4, -0.2) is 42.5 Å². The summed E-state index contributed by atoms with van der Waals surface area (Å²) in [6.07, 6.45) is 1.06. The van der Waals surface area contributed by atoms with E-state index in [0.29, 0.717) is 54.1 Å². The molecule has 0 spiro atoms. The highest BCUT2D eigenvalue weighted by Crippen LogP contribution is 2.29. The van der Waals surface area contributed by atoms with E-state index in [9.17, 15) is 9.59 Å². The molecular weight excluding hydrogens is 535 g/mol. The fourth-order valence-electron chi connectivity index (χ4n) is 4.33. The average molecular weight is 572 g/mol. The summed E-state index contributed by atoms with van der Waals surface area (Å²) < 4.78 is 11.4. The SMILES string of the molecule is CCNC(=O)[C@@H](Cc1ccccc1)N(Cc1ccc(Cl)cc1Cl)C(=O)CCc1ccc(OCC)c(OCC)c1. The van der Waals surface area contributed by atoms with Gasteiger partial charge in [0, 0.05) is 36.0 Å². The Labute approximate surface area is 241 Å². The molecule has 0 aromatic heterocycles. The van der Waals surface area contributed by atoms with Gasteiger partial charge in [0.1, 0.15) is 6.04 Å². The van der Waals surface area contributed by atoms with Gasteiger partial charge in [-0.05, 0) is 68.1 Å². The maximum absolute atomic E-state index is 13.8. The molecule has 0 fully saturated rings. The van der Waals surface area contributed by atoms with Crippen LogP contribution in [0.25, 0.3) is 0 Å². The van der Waals surface area contributed by atoms with Crippen LogP contribution in [-0.2, 0) is 29.0 Å². The Morgan fingerprint density at radius 3 is 2.26 bits per heavy atom. The molecule has 6 nitrogen and oxygen atoms in total. The Morgan fingerprint density at radius 2 is 1.59 bits per heavy atom. The van der Waals surface area contributed by atoms with E-state index in [4.69, 9.17) is 32.7 Å². The van der Waals surface area contributed by atoms with E-state index >= 15 is 0 Å². The monoisotopic (exact) mass is 570 g/mol. The number of amides is 2. The number of hydrogen-bond donors (Lipinski definition) is 1. The minimum absolute atomic E-state index is 0.153. The molecule has 0 aliphatic carbocycles. The highest BCUT2D eigenvalue weighted by Gasteiger charge is 2.30. The first-order valence-electron chi connectivity index (χ1n) is 13.3. The van der Waals surface area contributed by atoms with Crippen LogP contribution in [0, 0.1) is 0 Å². The second-order valence-corrected chi connectivity index (χ2v) is 9.85. The molecule has 0 radical (unpaired) electrons. The minimum Gasteiger partial charge on any atom is -0.490 e. The lowest BCUT2D eigenvalue weighted by atomic mass is 10.0. The lowest BCUT2D eigenvalue weighted by Crippen LogP contribution is -2.50. The Morgan fingerprint density at radius 1 is 0.872 bits per heavy atom. The average Bonchev–Trinajstić information content (AvgIpc) is 2.92. The predicted molar refractivity (Wildman–Crippen MR) is 157 cm³/mol. The summed E-state index contributed by atoms with van der Waals surface area (Å²) >= 11 is 12.6. The highest BCUT2D eigenvalue weighted by atomic mass is 35.5. The number of nitrogens with one attached hydrogen (secondary N) is 1. The third-order valence-electron chi connectivity index (χ3n) is 6.21. The van der Waals surface area contributed by atoms with Crippen molar-refractivity contribution in [3.8, 4) is 11.5 Å². The summed E-state index contributed by atoms with van der Waals surface area (Å²) in [6.45, 7) is 7.37. The van der Waals surface area contributed by atoms with Gasteiger partial charge in [0.2, 0.25) is 11.8 Å². The lowest BCUT2D eigenvalue weighted by molar-refractivity contribution is -0.141. The zero-order valence-corrected chi connectivity index (χ0v) is 24.2. The molecule has 0 saturated carbocycles. The number of aryl methyl sites for hydroxylation is 1. The fraction of sp³-hybridized carbons (Fsp3) is 0.355. The first kappa shape index (κ1) is 30.3. The van der Waals surface area contributed by atoms with Gasteiger partial charge in [0.05, 0.1) is 13.2 Å². The zero-order chi connectivity index (χ0) is 28.2. The third kappa shape index (κ3) is 8.91. The smallest absolute Gasteiger partial charge is 0.243 e. The number of likely N-dealkylation sites (N-methyl/N-ethyl adjacent to an activating group) is 1. The van der Waals surface area contributed by atoms with Gasteiger partial charge in [0.15, 0.2) is 11.5 Å². The molecule has 3 rings (SSSR count). The molecule has 0 aliphatic rings. The maximum Gasteiger partial charge on any atom is 0.243 e. The van der Waals surface area contributed by atoms with E-state index in [1.807, 2.05) is 69.3 Å². The molecule has 0 aliphatic heterocycles. The summed E-state index contributed by atoms with van der Waals surface area (Å²) in [5, 5.41) is 3.86. The molecule has 1 N–H and O–H groups in total. The number of carbonyl (C=O) groups excluding carboxylic acids is 2. The Bertz CT molecular complexity index is 1240. The first-order chi connectivity index (χ1) is 18.9. The van der Waals surface area contributed by atoms with E-state index in [-0.39, 0.29) is 24.8 Å². The van der Waals surface area contributed by atoms with Crippen LogP contribution in [0.15, 0.2) is 66.7 Å². The quantitative estimate of drug-likeness (QED) is 0.240. The van der Waals surface area contributed by atoms with Crippen molar-refractivity contribution in [2.24, 2.45) is 0 Å². The van der Waals surface area contributed by atoms with Crippen molar-refractivity contribution in [3.63, 3.8) is 0 Å². The van der Waals surface area contributed by atoms with Crippen LogP contribution >= 0.6 is 23.2 Å².